The smallest absolute Gasteiger partial charge is 0.291 e. The van der Waals surface area contributed by atoms with Gasteiger partial charge in [-0.05, 0) is 13.0 Å². The van der Waals surface area contributed by atoms with Gasteiger partial charge in [-0.3, -0.25) is 9.89 Å². The Labute approximate surface area is 95.2 Å². The molecule has 0 fully saturated rings. The lowest BCUT2D eigenvalue weighted by atomic mass is 10.4. The molecule has 0 saturated carbocycles. The Hall–Kier alpha value is -1.43. The fraction of sp³-hybridized carbons (Fsp3) is 0.700. The normalized spacial score (nSPS) is 10.4. The molecule has 0 aliphatic carbocycles. The third kappa shape index (κ3) is 3.98. The summed E-state index contributed by atoms with van der Waals surface area (Å²) in [5.41, 5.74) is 0. The summed E-state index contributed by atoms with van der Waals surface area (Å²) < 4.78 is 0. The van der Waals surface area contributed by atoms with Crippen molar-refractivity contribution in [3.63, 3.8) is 0 Å². The van der Waals surface area contributed by atoms with Crippen LogP contribution in [-0.4, -0.2) is 40.7 Å². The van der Waals surface area contributed by atoms with Gasteiger partial charge < -0.3 is 10.6 Å². The van der Waals surface area contributed by atoms with Gasteiger partial charge in [-0.2, -0.15) is 0 Å². The molecule has 1 rings (SSSR count). The van der Waals surface area contributed by atoms with E-state index in [-0.39, 0.29) is 11.7 Å². The van der Waals surface area contributed by atoms with Gasteiger partial charge in [0, 0.05) is 19.5 Å². The molecular weight excluding hydrogens is 206 g/mol. The molecule has 0 spiro atoms. The number of carbonyl (C=O) groups is 1. The van der Waals surface area contributed by atoms with E-state index in [0.717, 1.165) is 31.8 Å². The van der Waals surface area contributed by atoms with Crippen molar-refractivity contribution < 1.29 is 4.79 Å². The van der Waals surface area contributed by atoms with Gasteiger partial charge >= 0.3 is 0 Å². The molecule has 6 nitrogen and oxygen atoms in total. The summed E-state index contributed by atoms with van der Waals surface area (Å²) in [5.74, 6) is 0.718. The SMILES string of the molecule is CCCNCCNC(=O)c1n[nH]c(CC)n1. The lowest BCUT2D eigenvalue weighted by Gasteiger charge is -2.03. The molecule has 1 amide bonds. The first kappa shape index (κ1) is 12.6. The highest BCUT2D eigenvalue weighted by Crippen LogP contribution is 1.92. The zero-order chi connectivity index (χ0) is 11.8. The maximum atomic E-state index is 11.5. The van der Waals surface area contributed by atoms with Crippen LogP contribution in [0.2, 0.25) is 0 Å². The lowest BCUT2D eigenvalue weighted by Crippen LogP contribution is -2.32. The zero-order valence-electron chi connectivity index (χ0n) is 9.84. The van der Waals surface area contributed by atoms with E-state index in [1.165, 1.54) is 0 Å². The van der Waals surface area contributed by atoms with Crippen LogP contribution in [0.4, 0.5) is 0 Å². The molecule has 1 aromatic rings. The monoisotopic (exact) mass is 225 g/mol. The summed E-state index contributed by atoms with van der Waals surface area (Å²) in [4.78, 5) is 15.6. The van der Waals surface area contributed by atoms with Gasteiger partial charge in [0.1, 0.15) is 5.82 Å². The fourth-order valence-corrected chi connectivity index (χ4v) is 1.20. The second-order valence-corrected chi connectivity index (χ2v) is 3.47. The predicted octanol–water partition coefficient (Wildman–Crippen LogP) is 0.0965. The summed E-state index contributed by atoms with van der Waals surface area (Å²) in [5, 5.41) is 12.5. The minimum Gasteiger partial charge on any atom is -0.348 e. The highest BCUT2D eigenvalue weighted by atomic mass is 16.2. The van der Waals surface area contributed by atoms with E-state index in [0.29, 0.717) is 6.54 Å². The molecule has 0 atom stereocenters. The van der Waals surface area contributed by atoms with E-state index >= 15 is 0 Å². The second kappa shape index (κ2) is 6.95. The number of hydrogen-bond donors (Lipinski definition) is 3. The van der Waals surface area contributed by atoms with Crippen LogP contribution in [-0.2, 0) is 6.42 Å². The number of H-pyrrole nitrogens is 1. The number of aromatic nitrogens is 3. The van der Waals surface area contributed by atoms with Crippen LogP contribution >= 0.6 is 0 Å². The van der Waals surface area contributed by atoms with Gasteiger partial charge in [-0.25, -0.2) is 4.98 Å². The van der Waals surface area contributed by atoms with E-state index in [4.69, 9.17) is 0 Å². The van der Waals surface area contributed by atoms with Crippen molar-refractivity contribution in [2.24, 2.45) is 0 Å². The van der Waals surface area contributed by atoms with Crippen molar-refractivity contribution in [2.75, 3.05) is 19.6 Å². The second-order valence-electron chi connectivity index (χ2n) is 3.47. The van der Waals surface area contributed by atoms with E-state index in [1.807, 2.05) is 6.92 Å². The Morgan fingerprint density at radius 3 is 2.75 bits per heavy atom. The number of nitrogens with one attached hydrogen (secondary N) is 3. The van der Waals surface area contributed by atoms with Crippen molar-refractivity contribution in [3.8, 4) is 0 Å². The molecular formula is C10H19N5O. The molecule has 0 aliphatic heterocycles. The first-order valence-corrected chi connectivity index (χ1v) is 5.68. The highest BCUT2D eigenvalue weighted by Gasteiger charge is 2.10. The number of amides is 1. The van der Waals surface area contributed by atoms with E-state index in [9.17, 15) is 4.79 Å². The first-order chi connectivity index (χ1) is 7.77. The zero-order valence-corrected chi connectivity index (χ0v) is 9.84. The number of aromatic amines is 1. The summed E-state index contributed by atoms with van der Waals surface area (Å²) in [7, 11) is 0. The third-order valence-corrected chi connectivity index (χ3v) is 2.08. The van der Waals surface area contributed by atoms with Crippen molar-refractivity contribution in [2.45, 2.75) is 26.7 Å². The molecule has 0 aliphatic rings. The van der Waals surface area contributed by atoms with Gasteiger partial charge in [0.25, 0.3) is 5.91 Å². The number of aryl methyl sites for hydroxylation is 1. The maximum Gasteiger partial charge on any atom is 0.291 e. The Morgan fingerprint density at radius 2 is 2.12 bits per heavy atom. The Bertz CT molecular complexity index is 323. The first-order valence-electron chi connectivity index (χ1n) is 5.68. The molecule has 90 valence electrons. The number of hydrogen-bond acceptors (Lipinski definition) is 4. The summed E-state index contributed by atoms with van der Waals surface area (Å²) in [6.45, 7) is 6.39. The molecule has 0 aromatic carbocycles. The van der Waals surface area contributed by atoms with E-state index in [1.54, 1.807) is 0 Å². The van der Waals surface area contributed by atoms with Crippen LogP contribution in [0.5, 0.6) is 0 Å². The minimum atomic E-state index is -0.228. The maximum absolute atomic E-state index is 11.5. The van der Waals surface area contributed by atoms with Gasteiger partial charge in [0.15, 0.2) is 0 Å². The van der Waals surface area contributed by atoms with Crippen molar-refractivity contribution in [1.29, 1.82) is 0 Å². The largest absolute Gasteiger partial charge is 0.348 e. The fourth-order valence-electron chi connectivity index (χ4n) is 1.20. The summed E-state index contributed by atoms with van der Waals surface area (Å²) >= 11 is 0. The predicted molar refractivity (Wildman–Crippen MR) is 61.3 cm³/mol. The van der Waals surface area contributed by atoms with Crippen molar-refractivity contribution in [3.05, 3.63) is 11.6 Å². The van der Waals surface area contributed by atoms with Crippen LogP contribution in [0.15, 0.2) is 0 Å². The number of rotatable bonds is 7. The Morgan fingerprint density at radius 1 is 1.31 bits per heavy atom. The van der Waals surface area contributed by atoms with Gasteiger partial charge in [-0.1, -0.05) is 13.8 Å². The molecule has 0 radical (unpaired) electrons. The van der Waals surface area contributed by atoms with Crippen LogP contribution in [0.3, 0.4) is 0 Å². The molecule has 16 heavy (non-hydrogen) atoms. The average molecular weight is 225 g/mol. The third-order valence-electron chi connectivity index (χ3n) is 2.08. The van der Waals surface area contributed by atoms with Gasteiger partial charge in [-0.15, -0.1) is 5.10 Å². The van der Waals surface area contributed by atoms with Crippen LogP contribution in [0.1, 0.15) is 36.7 Å². The molecule has 6 heteroatoms. The molecule has 0 bridgehead atoms. The molecule has 0 unspecified atom stereocenters. The highest BCUT2D eigenvalue weighted by molar-refractivity contribution is 5.90. The average Bonchev–Trinajstić information content (AvgIpc) is 2.77. The number of nitrogens with zero attached hydrogens (tertiary/aromatic N) is 2. The summed E-state index contributed by atoms with van der Waals surface area (Å²) in [6, 6.07) is 0. The molecule has 1 aromatic heterocycles. The van der Waals surface area contributed by atoms with Crippen molar-refractivity contribution >= 4 is 5.91 Å². The van der Waals surface area contributed by atoms with Crippen LogP contribution in [0.25, 0.3) is 0 Å². The molecule has 1 heterocycles. The van der Waals surface area contributed by atoms with Crippen LogP contribution in [0, 0.1) is 0 Å². The molecule has 0 saturated heterocycles. The van der Waals surface area contributed by atoms with E-state index in [2.05, 4.69) is 32.7 Å². The Balaban J connectivity index is 2.24. The molecule has 3 N–H and O–H groups in total. The van der Waals surface area contributed by atoms with Crippen molar-refractivity contribution in [1.82, 2.24) is 25.8 Å². The van der Waals surface area contributed by atoms with Gasteiger partial charge in [0.05, 0.1) is 0 Å². The standard InChI is InChI=1S/C10H19N5O/c1-3-5-11-6-7-12-10(16)9-13-8(4-2)14-15-9/h11H,3-7H2,1-2H3,(H,12,16)(H,13,14,15). The van der Waals surface area contributed by atoms with E-state index < -0.39 is 0 Å². The topological polar surface area (TPSA) is 82.7 Å². The number of carbonyl (C=O) groups excluding carboxylic acids is 1. The van der Waals surface area contributed by atoms with Crippen LogP contribution < -0.4 is 10.6 Å². The summed E-state index contributed by atoms with van der Waals surface area (Å²) in [6.07, 6.45) is 1.84. The van der Waals surface area contributed by atoms with Gasteiger partial charge in [0.2, 0.25) is 5.82 Å². The lowest BCUT2D eigenvalue weighted by molar-refractivity contribution is 0.0944. The minimum absolute atomic E-state index is 0.215. The quantitative estimate of drug-likeness (QED) is 0.575. The Kier molecular flexibility index (Phi) is 5.49.